The van der Waals surface area contributed by atoms with Gasteiger partial charge in [-0.1, -0.05) is 17.7 Å². The largest absolute Gasteiger partial charge is 0.388 e. The van der Waals surface area contributed by atoms with Gasteiger partial charge in [0, 0.05) is 16.8 Å². The van der Waals surface area contributed by atoms with E-state index in [1.807, 2.05) is 18.2 Å². The van der Waals surface area contributed by atoms with Crippen LogP contribution in [0.15, 0.2) is 18.2 Å². The smallest absolute Gasteiger partial charge is 0.0793 e. The molecule has 1 aliphatic rings. The number of aliphatic hydroxyl groups is 1. The summed E-state index contributed by atoms with van der Waals surface area (Å²) in [7, 11) is 0. The third-order valence-corrected chi connectivity index (χ3v) is 4.80. The Morgan fingerprint density at radius 1 is 1.41 bits per heavy atom. The predicted molar refractivity (Wildman–Crippen MR) is 77.3 cm³/mol. The average Bonchev–Trinajstić information content (AvgIpc) is 2.34. The first kappa shape index (κ1) is 13.6. The average molecular weight is 367 g/mol. The molecule has 1 aromatic carbocycles. The van der Waals surface area contributed by atoms with Crippen LogP contribution >= 0.6 is 34.2 Å². The minimum Gasteiger partial charge on any atom is -0.388 e. The molecule has 1 aliphatic heterocycles. The molecule has 0 spiro atoms. The van der Waals surface area contributed by atoms with Crippen LogP contribution in [0.4, 0.5) is 0 Å². The van der Waals surface area contributed by atoms with Crippen molar-refractivity contribution in [2.75, 3.05) is 13.2 Å². The van der Waals surface area contributed by atoms with Gasteiger partial charge in [0.1, 0.15) is 0 Å². The zero-order valence-electron chi connectivity index (χ0n) is 9.53. The zero-order valence-corrected chi connectivity index (χ0v) is 12.4. The van der Waals surface area contributed by atoms with Gasteiger partial charge in [-0.3, -0.25) is 0 Å². The maximum atomic E-state index is 10.2. The SMILES string of the molecule is OC(CC1CCOCC1)c1ccc(I)c(Cl)c1. The number of rotatable bonds is 3. The Bertz CT molecular complexity index is 378. The fraction of sp³-hybridized carbons (Fsp3) is 0.538. The molecular formula is C13H16ClIO2. The molecule has 0 bridgehead atoms. The molecule has 0 radical (unpaired) electrons. The molecule has 4 heteroatoms. The quantitative estimate of drug-likeness (QED) is 0.825. The van der Waals surface area contributed by atoms with Crippen molar-refractivity contribution in [3.8, 4) is 0 Å². The lowest BCUT2D eigenvalue weighted by Crippen LogP contribution is -2.18. The van der Waals surface area contributed by atoms with E-state index in [1.165, 1.54) is 0 Å². The van der Waals surface area contributed by atoms with Gasteiger partial charge in [0.25, 0.3) is 0 Å². The van der Waals surface area contributed by atoms with Crippen LogP contribution in [0.5, 0.6) is 0 Å². The van der Waals surface area contributed by atoms with E-state index in [2.05, 4.69) is 22.6 Å². The Hall–Kier alpha value is 0.160. The van der Waals surface area contributed by atoms with Gasteiger partial charge in [-0.15, -0.1) is 0 Å². The van der Waals surface area contributed by atoms with Crippen LogP contribution in [-0.2, 0) is 4.74 Å². The molecule has 1 heterocycles. The standard InChI is InChI=1S/C13H16ClIO2/c14-11-8-10(1-2-12(11)15)13(16)7-9-3-5-17-6-4-9/h1-2,8-9,13,16H,3-7H2. The molecule has 0 aliphatic carbocycles. The second kappa shape index (κ2) is 6.36. The highest BCUT2D eigenvalue weighted by Crippen LogP contribution is 2.30. The maximum absolute atomic E-state index is 10.2. The van der Waals surface area contributed by atoms with Gasteiger partial charge in [-0.2, -0.15) is 0 Å². The molecule has 1 unspecified atom stereocenters. The summed E-state index contributed by atoms with van der Waals surface area (Å²) in [6, 6.07) is 5.77. The number of aliphatic hydroxyl groups excluding tert-OH is 1. The second-order valence-electron chi connectivity index (χ2n) is 4.48. The van der Waals surface area contributed by atoms with Crippen molar-refractivity contribution in [3.63, 3.8) is 0 Å². The first-order valence-electron chi connectivity index (χ1n) is 5.87. The van der Waals surface area contributed by atoms with Gasteiger partial charge in [0.15, 0.2) is 0 Å². The third kappa shape index (κ3) is 3.81. The van der Waals surface area contributed by atoms with E-state index in [9.17, 15) is 5.11 Å². The Kier molecular flexibility index (Phi) is 5.09. The molecule has 1 aromatic rings. The van der Waals surface area contributed by atoms with E-state index < -0.39 is 6.10 Å². The third-order valence-electron chi connectivity index (χ3n) is 3.23. The number of hydrogen-bond acceptors (Lipinski definition) is 2. The molecule has 17 heavy (non-hydrogen) atoms. The Morgan fingerprint density at radius 2 is 2.12 bits per heavy atom. The van der Waals surface area contributed by atoms with E-state index in [0.717, 1.165) is 41.6 Å². The molecule has 0 saturated carbocycles. The summed E-state index contributed by atoms with van der Waals surface area (Å²) in [5.41, 5.74) is 0.918. The summed E-state index contributed by atoms with van der Waals surface area (Å²) >= 11 is 8.25. The highest BCUT2D eigenvalue weighted by molar-refractivity contribution is 14.1. The molecule has 0 aromatic heterocycles. The lowest BCUT2D eigenvalue weighted by molar-refractivity contribution is 0.0435. The summed E-state index contributed by atoms with van der Waals surface area (Å²) in [4.78, 5) is 0. The molecular weight excluding hydrogens is 350 g/mol. The van der Waals surface area contributed by atoms with Crippen molar-refractivity contribution >= 4 is 34.2 Å². The highest BCUT2D eigenvalue weighted by Gasteiger charge is 2.19. The van der Waals surface area contributed by atoms with Crippen molar-refractivity contribution in [3.05, 3.63) is 32.4 Å². The van der Waals surface area contributed by atoms with E-state index in [-0.39, 0.29) is 0 Å². The Morgan fingerprint density at radius 3 is 2.76 bits per heavy atom. The van der Waals surface area contributed by atoms with Gasteiger partial charge >= 0.3 is 0 Å². The van der Waals surface area contributed by atoms with E-state index >= 15 is 0 Å². The minimum atomic E-state index is -0.410. The van der Waals surface area contributed by atoms with Crippen LogP contribution in [0.1, 0.15) is 30.9 Å². The van der Waals surface area contributed by atoms with Crippen LogP contribution < -0.4 is 0 Å². The topological polar surface area (TPSA) is 29.5 Å². The van der Waals surface area contributed by atoms with Crippen molar-refractivity contribution in [1.29, 1.82) is 0 Å². The first-order valence-corrected chi connectivity index (χ1v) is 7.33. The summed E-state index contributed by atoms with van der Waals surface area (Å²) in [6.45, 7) is 1.65. The van der Waals surface area contributed by atoms with Crippen molar-refractivity contribution in [2.24, 2.45) is 5.92 Å². The molecule has 1 fully saturated rings. The van der Waals surface area contributed by atoms with Crippen LogP contribution in [-0.4, -0.2) is 18.3 Å². The fourth-order valence-corrected chi connectivity index (χ4v) is 2.68. The van der Waals surface area contributed by atoms with Gasteiger partial charge in [-0.05, 0) is 65.5 Å². The summed E-state index contributed by atoms with van der Waals surface area (Å²) in [6.07, 6.45) is 2.50. The van der Waals surface area contributed by atoms with Crippen LogP contribution in [0.25, 0.3) is 0 Å². The van der Waals surface area contributed by atoms with Gasteiger partial charge in [0.2, 0.25) is 0 Å². The van der Waals surface area contributed by atoms with Crippen LogP contribution in [0.2, 0.25) is 5.02 Å². The molecule has 1 atom stereocenters. The monoisotopic (exact) mass is 366 g/mol. The van der Waals surface area contributed by atoms with Crippen LogP contribution in [0, 0.1) is 9.49 Å². The zero-order chi connectivity index (χ0) is 12.3. The number of benzene rings is 1. The number of ether oxygens (including phenoxy) is 1. The molecule has 1 N–H and O–H groups in total. The maximum Gasteiger partial charge on any atom is 0.0793 e. The molecule has 2 rings (SSSR count). The second-order valence-corrected chi connectivity index (χ2v) is 6.05. The van der Waals surface area contributed by atoms with Gasteiger partial charge in [-0.25, -0.2) is 0 Å². The lowest BCUT2D eigenvalue weighted by atomic mass is 9.91. The van der Waals surface area contributed by atoms with E-state index in [1.54, 1.807) is 0 Å². The van der Waals surface area contributed by atoms with Crippen molar-refractivity contribution in [2.45, 2.75) is 25.4 Å². The van der Waals surface area contributed by atoms with Gasteiger partial charge in [0.05, 0.1) is 11.1 Å². The number of halogens is 2. The minimum absolute atomic E-state index is 0.410. The first-order chi connectivity index (χ1) is 8.16. The van der Waals surface area contributed by atoms with E-state index in [0.29, 0.717) is 10.9 Å². The summed E-state index contributed by atoms with van der Waals surface area (Å²) in [5.74, 6) is 0.566. The Balaban J connectivity index is 1.98. The highest BCUT2D eigenvalue weighted by atomic mass is 127. The number of hydrogen-bond donors (Lipinski definition) is 1. The molecule has 0 amide bonds. The van der Waals surface area contributed by atoms with Crippen molar-refractivity contribution < 1.29 is 9.84 Å². The molecule has 2 nitrogen and oxygen atoms in total. The fourth-order valence-electron chi connectivity index (χ4n) is 2.15. The lowest BCUT2D eigenvalue weighted by Gasteiger charge is -2.24. The Labute approximate surface area is 120 Å². The van der Waals surface area contributed by atoms with Gasteiger partial charge < -0.3 is 9.84 Å². The summed E-state index contributed by atoms with van der Waals surface area (Å²) in [5, 5.41) is 10.9. The summed E-state index contributed by atoms with van der Waals surface area (Å²) < 4.78 is 6.34. The normalized spacial score (nSPS) is 19.2. The van der Waals surface area contributed by atoms with Crippen molar-refractivity contribution in [1.82, 2.24) is 0 Å². The van der Waals surface area contributed by atoms with E-state index in [4.69, 9.17) is 16.3 Å². The molecule has 94 valence electrons. The predicted octanol–water partition coefficient (Wildman–Crippen LogP) is 3.79. The molecule has 1 saturated heterocycles. The van der Waals surface area contributed by atoms with Crippen LogP contribution in [0.3, 0.4) is 0 Å².